The van der Waals surface area contributed by atoms with E-state index >= 15 is 0 Å². The normalized spacial score (nSPS) is 9.00. The average molecular weight is 165 g/mol. The van der Waals surface area contributed by atoms with Crippen molar-refractivity contribution >= 4 is 9.28 Å². The molecule has 0 atom stereocenters. The maximum absolute atomic E-state index is 4.82. The van der Waals surface area contributed by atoms with Crippen LogP contribution in [0.25, 0.3) is 0 Å². The van der Waals surface area contributed by atoms with Crippen LogP contribution < -0.4 is 5.32 Å². The molecule has 0 amide bonds. The minimum absolute atomic E-state index is 1.07. The molecule has 0 aromatic heterocycles. The SMILES string of the molecule is CCNC.CO[SiH](C)OC. The molecule has 3 nitrogen and oxygen atoms in total. The number of rotatable bonds is 3. The van der Waals surface area contributed by atoms with E-state index in [0.29, 0.717) is 0 Å². The van der Waals surface area contributed by atoms with Gasteiger partial charge in [0, 0.05) is 14.2 Å². The standard InChI is InChI=1S/C3H9N.C3H10O2Si/c1-3-4-2;1-4-6(3)5-2/h4H,3H2,1-2H3;6H,1-3H3. The summed E-state index contributed by atoms with van der Waals surface area (Å²) in [5.41, 5.74) is 0. The van der Waals surface area contributed by atoms with Gasteiger partial charge in [-0.05, 0) is 20.1 Å². The number of hydrogen-bond donors (Lipinski definition) is 1. The van der Waals surface area contributed by atoms with Gasteiger partial charge in [-0.15, -0.1) is 0 Å². The molecule has 0 aromatic rings. The second-order valence-electron chi connectivity index (χ2n) is 1.75. The van der Waals surface area contributed by atoms with E-state index in [1.54, 1.807) is 14.2 Å². The van der Waals surface area contributed by atoms with E-state index in [9.17, 15) is 0 Å². The predicted octanol–water partition coefficient (Wildman–Crippen LogP) is 0.355. The van der Waals surface area contributed by atoms with Crippen molar-refractivity contribution in [3.8, 4) is 0 Å². The molecule has 0 saturated heterocycles. The van der Waals surface area contributed by atoms with Gasteiger partial charge in [0.2, 0.25) is 0 Å². The van der Waals surface area contributed by atoms with Gasteiger partial charge >= 0.3 is 9.28 Å². The van der Waals surface area contributed by atoms with Crippen LogP contribution in [0.2, 0.25) is 6.55 Å². The van der Waals surface area contributed by atoms with Crippen molar-refractivity contribution in [2.75, 3.05) is 27.8 Å². The summed E-state index contributed by atoms with van der Waals surface area (Å²) >= 11 is 0. The van der Waals surface area contributed by atoms with Crippen LogP contribution >= 0.6 is 0 Å². The van der Waals surface area contributed by atoms with E-state index in [2.05, 4.69) is 12.2 Å². The van der Waals surface area contributed by atoms with Crippen LogP contribution in [0.15, 0.2) is 0 Å². The zero-order chi connectivity index (χ0) is 8.41. The summed E-state index contributed by atoms with van der Waals surface area (Å²) in [6.07, 6.45) is 0. The molecule has 4 heteroatoms. The third kappa shape index (κ3) is 15.7. The average Bonchev–Trinajstić information content (AvgIpc) is 2.03. The minimum Gasteiger partial charge on any atom is -0.400 e. The molecule has 0 aliphatic heterocycles. The molecular formula is C6H19NO2Si. The molecule has 1 N–H and O–H groups in total. The molecule has 0 bridgehead atoms. The summed E-state index contributed by atoms with van der Waals surface area (Å²) in [5.74, 6) is 0. The Bertz CT molecular complexity index is 49.0. The Labute approximate surface area is 65.6 Å². The monoisotopic (exact) mass is 165 g/mol. The lowest BCUT2D eigenvalue weighted by atomic mass is 10.8. The second-order valence-corrected chi connectivity index (χ2v) is 3.82. The van der Waals surface area contributed by atoms with E-state index in [1.807, 2.05) is 13.6 Å². The van der Waals surface area contributed by atoms with Crippen LogP contribution in [0.3, 0.4) is 0 Å². The molecule has 0 aromatic carbocycles. The van der Waals surface area contributed by atoms with Gasteiger partial charge in [-0.3, -0.25) is 0 Å². The van der Waals surface area contributed by atoms with Crippen molar-refractivity contribution in [1.82, 2.24) is 5.32 Å². The molecule has 0 unspecified atom stereocenters. The van der Waals surface area contributed by atoms with Gasteiger partial charge < -0.3 is 14.2 Å². The lowest BCUT2D eigenvalue weighted by Crippen LogP contribution is -2.12. The Balaban J connectivity index is 0. The number of nitrogens with one attached hydrogen (secondary N) is 1. The van der Waals surface area contributed by atoms with Crippen molar-refractivity contribution in [2.24, 2.45) is 0 Å². The minimum atomic E-state index is -1.16. The largest absolute Gasteiger partial charge is 0.400 e. The third-order valence-electron chi connectivity index (χ3n) is 1.02. The van der Waals surface area contributed by atoms with Crippen LogP contribution in [0.4, 0.5) is 0 Å². The van der Waals surface area contributed by atoms with E-state index in [-0.39, 0.29) is 0 Å². The molecule has 0 radical (unpaired) electrons. The number of hydrogen-bond acceptors (Lipinski definition) is 3. The summed E-state index contributed by atoms with van der Waals surface area (Å²) in [6.45, 7) is 5.11. The molecule has 0 saturated carbocycles. The van der Waals surface area contributed by atoms with Crippen molar-refractivity contribution in [3.05, 3.63) is 0 Å². The van der Waals surface area contributed by atoms with Gasteiger partial charge in [-0.2, -0.15) is 0 Å². The highest BCUT2D eigenvalue weighted by Crippen LogP contribution is 1.77. The maximum atomic E-state index is 4.82. The smallest absolute Gasteiger partial charge is 0.317 e. The highest BCUT2D eigenvalue weighted by molar-refractivity contribution is 6.42. The topological polar surface area (TPSA) is 30.5 Å². The molecule has 0 rings (SSSR count). The van der Waals surface area contributed by atoms with Crippen LogP contribution in [-0.2, 0) is 8.85 Å². The van der Waals surface area contributed by atoms with Gasteiger partial charge in [0.15, 0.2) is 0 Å². The van der Waals surface area contributed by atoms with Gasteiger partial charge in [0.05, 0.1) is 0 Å². The Morgan fingerprint density at radius 3 is 1.60 bits per heavy atom. The highest BCUT2D eigenvalue weighted by Gasteiger charge is 1.94. The Morgan fingerprint density at radius 1 is 1.30 bits per heavy atom. The predicted molar refractivity (Wildman–Crippen MR) is 46.6 cm³/mol. The summed E-state index contributed by atoms with van der Waals surface area (Å²) < 4.78 is 9.63. The van der Waals surface area contributed by atoms with E-state index in [1.165, 1.54) is 0 Å². The van der Waals surface area contributed by atoms with Crippen molar-refractivity contribution < 1.29 is 8.85 Å². The zero-order valence-electron chi connectivity index (χ0n) is 7.60. The van der Waals surface area contributed by atoms with Gasteiger partial charge in [-0.1, -0.05) is 6.92 Å². The summed E-state index contributed by atoms with van der Waals surface area (Å²) in [6, 6.07) is 0. The Morgan fingerprint density at radius 2 is 1.60 bits per heavy atom. The molecular weight excluding hydrogens is 146 g/mol. The summed E-state index contributed by atoms with van der Waals surface area (Å²) in [5, 5.41) is 2.93. The molecule has 0 aliphatic carbocycles. The quantitative estimate of drug-likeness (QED) is 0.612. The molecule has 0 spiro atoms. The van der Waals surface area contributed by atoms with Crippen LogP contribution in [-0.4, -0.2) is 37.1 Å². The molecule has 0 aliphatic rings. The first-order chi connectivity index (χ1) is 4.72. The fraction of sp³-hybridized carbons (Fsp3) is 1.00. The first-order valence-corrected chi connectivity index (χ1v) is 5.52. The Kier molecular flexibility index (Phi) is 15.1. The fourth-order valence-corrected chi connectivity index (χ4v) is 0.289. The highest BCUT2D eigenvalue weighted by atomic mass is 28.3. The molecule has 64 valence electrons. The first kappa shape index (κ1) is 12.7. The molecule has 0 heterocycles. The third-order valence-corrected chi connectivity index (χ3v) is 2.35. The van der Waals surface area contributed by atoms with Crippen LogP contribution in [0.1, 0.15) is 6.92 Å². The van der Waals surface area contributed by atoms with Crippen LogP contribution in [0, 0.1) is 0 Å². The van der Waals surface area contributed by atoms with E-state index in [0.717, 1.165) is 6.54 Å². The van der Waals surface area contributed by atoms with E-state index in [4.69, 9.17) is 8.85 Å². The molecule has 0 fully saturated rings. The van der Waals surface area contributed by atoms with Crippen molar-refractivity contribution in [1.29, 1.82) is 0 Å². The molecule has 10 heavy (non-hydrogen) atoms. The maximum Gasteiger partial charge on any atom is 0.317 e. The first-order valence-electron chi connectivity index (χ1n) is 3.43. The van der Waals surface area contributed by atoms with Gasteiger partial charge in [-0.25, -0.2) is 0 Å². The van der Waals surface area contributed by atoms with Gasteiger partial charge in [0.25, 0.3) is 0 Å². The van der Waals surface area contributed by atoms with Crippen LogP contribution in [0.5, 0.6) is 0 Å². The summed E-state index contributed by atoms with van der Waals surface area (Å²) in [7, 11) is 4.10. The zero-order valence-corrected chi connectivity index (χ0v) is 8.76. The Hall–Kier alpha value is 0.0969. The second kappa shape index (κ2) is 11.8. The van der Waals surface area contributed by atoms with Gasteiger partial charge in [0.1, 0.15) is 0 Å². The fourth-order valence-electron chi connectivity index (χ4n) is 0.0962. The van der Waals surface area contributed by atoms with E-state index < -0.39 is 9.28 Å². The summed E-state index contributed by atoms with van der Waals surface area (Å²) in [4.78, 5) is 0. The lowest BCUT2D eigenvalue weighted by Gasteiger charge is -2.00. The van der Waals surface area contributed by atoms with Crippen molar-refractivity contribution in [2.45, 2.75) is 13.5 Å². The van der Waals surface area contributed by atoms with Crippen molar-refractivity contribution in [3.63, 3.8) is 0 Å². The lowest BCUT2D eigenvalue weighted by molar-refractivity contribution is 0.285.